The van der Waals surface area contributed by atoms with Gasteiger partial charge in [0.25, 0.3) is 0 Å². The molecule has 0 aromatic heterocycles. The van der Waals surface area contributed by atoms with E-state index < -0.39 is 0 Å². The average Bonchev–Trinajstić information content (AvgIpc) is 2.62. The summed E-state index contributed by atoms with van der Waals surface area (Å²) in [6.45, 7) is 0.720. The predicted octanol–water partition coefficient (Wildman–Crippen LogP) is 2.18. The van der Waals surface area contributed by atoms with Gasteiger partial charge in [0.05, 0.1) is 7.11 Å². The Morgan fingerprint density at radius 3 is 3.14 bits per heavy atom. The molecule has 0 radical (unpaired) electrons. The van der Waals surface area contributed by atoms with E-state index in [-0.39, 0.29) is 12.0 Å². The number of ether oxygens (including phenoxy) is 1. The van der Waals surface area contributed by atoms with E-state index in [1.165, 1.54) is 12.7 Å². The van der Waals surface area contributed by atoms with Gasteiger partial charge in [0.1, 0.15) is 0 Å². The van der Waals surface area contributed by atoms with Gasteiger partial charge in [-0.2, -0.15) is 0 Å². The highest BCUT2D eigenvalue weighted by Gasteiger charge is 2.14. The SMILES string of the molecule is COC(=O)CC1[N-]Cc2ccccc21. The zero-order valence-electron chi connectivity index (χ0n) is 8.06. The van der Waals surface area contributed by atoms with E-state index >= 15 is 0 Å². The van der Waals surface area contributed by atoms with Crippen LogP contribution < -0.4 is 0 Å². The summed E-state index contributed by atoms with van der Waals surface area (Å²) in [6.07, 6.45) is 0.355. The highest BCUT2D eigenvalue weighted by Crippen LogP contribution is 2.37. The van der Waals surface area contributed by atoms with Crippen molar-refractivity contribution in [1.82, 2.24) is 0 Å². The van der Waals surface area contributed by atoms with Crippen molar-refractivity contribution in [3.05, 3.63) is 40.7 Å². The van der Waals surface area contributed by atoms with Crippen molar-refractivity contribution in [3.63, 3.8) is 0 Å². The fourth-order valence-corrected chi connectivity index (χ4v) is 1.73. The third-order valence-electron chi connectivity index (χ3n) is 2.48. The third-order valence-corrected chi connectivity index (χ3v) is 2.48. The molecule has 1 atom stereocenters. The van der Waals surface area contributed by atoms with Gasteiger partial charge in [0, 0.05) is 6.42 Å². The quantitative estimate of drug-likeness (QED) is 0.670. The van der Waals surface area contributed by atoms with Crippen LogP contribution in [-0.4, -0.2) is 13.1 Å². The summed E-state index contributed by atoms with van der Waals surface area (Å²) in [5, 5.41) is 4.39. The summed E-state index contributed by atoms with van der Waals surface area (Å²) in [7, 11) is 1.41. The first-order valence-corrected chi connectivity index (χ1v) is 4.62. The highest BCUT2D eigenvalue weighted by atomic mass is 16.5. The Morgan fingerprint density at radius 1 is 1.57 bits per heavy atom. The fourth-order valence-electron chi connectivity index (χ4n) is 1.73. The van der Waals surface area contributed by atoms with E-state index in [1.807, 2.05) is 18.2 Å². The standard InChI is InChI=1S/C11H12NO2/c1-14-11(13)6-10-9-5-3-2-4-8(9)7-12-10/h2-5,10H,6-7H2,1H3/q-1. The van der Waals surface area contributed by atoms with E-state index in [1.54, 1.807) is 0 Å². The summed E-state index contributed by atoms with van der Waals surface area (Å²) in [4.78, 5) is 11.1. The molecule has 0 saturated carbocycles. The normalized spacial score (nSPS) is 19.1. The van der Waals surface area contributed by atoms with Crippen LogP contribution in [0.5, 0.6) is 0 Å². The summed E-state index contributed by atoms with van der Waals surface area (Å²) in [6, 6.07) is 8.05. The lowest BCUT2D eigenvalue weighted by Crippen LogP contribution is -2.05. The first kappa shape index (κ1) is 9.21. The van der Waals surface area contributed by atoms with Crippen LogP contribution in [0.2, 0.25) is 0 Å². The molecule has 1 unspecified atom stereocenters. The van der Waals surface area contributed by atoms with Crippen LogP contribution in [0.15, 0.2) is 24.3 Å². The van der Waals surface area contributed by atoms with Gasteiger partial charge >= 0.3 is 5.97 Å². The smallest absolute Gasteiger partial charge is 0.304 e. The molecular formula is C11H12NO2-. The molecule has 3 heteroatoms. The summed E-state index contributed by atoms with van der Waals surface area (Å²) in [5.74, 6) is -0.199. The van der Waals surface area contributed by atoms with Crippen LogP contribution in [-0.2, 0) is 16.1 Å². The Kier molecular flexibility index (Phi) is 2.50. The fraction of sp³-hybridized carbons (Fsp3) is 0.364. The maximum Gasteiger partial charge on any atom is 0.304 e. The van der Waals surface area contributed by atoms with E-state index in [9.17, 15) is 4.79 Å². The van der Waals surface area contributed by atoms with Crippen molar-refractivity contribution >= 4 is 5.97 Å². The molecule has 1 aliphatic rings. The van der Waals surface area contributed by atoms with Crippen molar-refractivity contribution in [2.45, 2.75) is 19.0 Å². The number of carbonyl (C=O) groups excluding carboxylic acids is 1. The number of nitrogens with zero attached hydrogens (tertiary/aromatic N) is 1. The summed E-state index contributed by atoms with van der Waals surface area (Å²) < 4.78 is 4.63. The number of esters is 1. The maximum atomic E-state index is 11.1. The van der Waals surface area contributed by atoms with Crippen molar-refractivity contribution in [2.24, 2.45) is 0 Å². The predicted molar refractivity (Wildman–Crippen MR) is 52.9 cm³/mol. The Bertz CT molecular complexity index is 349. The Labute approximate surface area is 83.1 Å². The van der Waals surface area contributed by atoms with Gasteiger partial charge in [-0.25, -0.2) is 0 Å². The summed E-state index contributed by atoms with van der Waals surface area (Å²) >= 11 is 0. The van der Waals surface area contributed by atoms with Crippen LogP contribution in [0.3, 0.4) is 0 Å². The average molecular weight is 190 g/mol. The Hall–Kier alpha value is -1.35. The molecule has 0 N–H and O–H groups in total. The molecule has 0 aliphatic carbocycles. The molecular weight excluding hydrogens is 178 g/mol. The van der Waals surface area contributed by atoms with E-state index in [0.717, 1.165) is 12.1 Å². The molecule has 1 aromatic rings. The van der Waals surface area contributed by atoms with Crippen LogP contribution in [0.25, 0.3) is 5.32 Å². The first-order valence-electron chi connectivity index (χ1n) is 4.62. The minimum atomic E-state index is -0.199. The number of fused-ring (bicyclic) bond motifs is 1. The minimum Gasteiger partial charge on any atom is -0.651 e. The summed E-state index contributed by atoms with van der Waals surface area (Å²) in [5.41, 5.74) is 2.39. The molecule has 0 amide bonds. The van der Waals surface area contributed by atoms with Crippen LogP contribution in [0.4, 0.5) is 0 Å². The largest absolute Gasteiger partial charge is 0.651 e. The topological polar surface area (TPSA) is 40.4 Å². The number of benzene rings is 1. The van der Waals surface area contributed by atoms with Gasteiger partial charge in [-0.3, -0.25) is 4.79 Å². The zero-order valence-corrected chi connectivity index (χ0v) is 8.06. The van der Waals surface area contributed by atoms with E-state index in [0.29, 0.717) is 6.42 Å². The lowest BCUT2D eigenvalue weighted by atomic mass is 10.0. The first-order chi connectivity index (χ1) is 6.81. The molecule has 14 heavy (non-hydrogen) atoms. The molecule has 0 saturated heterocycles. The minimum absolute atomic E-state index is 0.00125. The molecule has 1 aromatic carbocycles. The molecule has 0 spiro atoms. The Morgan fingerprint density at radius 2 is 2.36 bits per heavy atom. The van der Waals surface area contributed by atoms with Gasteiger partial charge in [-0.1, -0.05) is 41.4 Å². The number of hydrogen-bond donors (Lipinski definition) is 0. The monoisotopic (exact) mass is 190 g/mol. The van der Waals surface area contributed by atoms with Gasteiger partial charge in [0.15, 0.2) is 0 Å². The second-order valence-corrected chi connectivity index (χ2v) is 3.34. The molecule has 1 heterocycles. The number of rotatable bonds is 2. The number of methoxy groups -OCH3 is 1. The number of hydrogen-bond acceptors (Lipinski definition) is 2. The van der Waals surface area contributed by atoms with E-state index in [4.69, 9.17) is 0 Å². The molecule has 3 nitrogen and oxygen atoms in total. The van der Waals surface area contributed by atoms with Crippen LogP contribution >= 0.6 is 0 Å². The second-order valence-electron chi connectivity index (χ2n) is 3.34. The third kappa shape index (κ3) is 1.63. The van der Waals surface area contributed by atoms with Gasteiger partial charge < -0.3 is 10.1 Å². The molecule has 2 rings (SSSR count). The molecule has 0 bridgehead atoms. The van der Waals surface area contributed by atoms with Crippen molar-refractivity contribution in [1.29, 1.82) is 0 Å². The molecule has 1 aliphatic heterocycles. The van der Waals surface area contributed by atoms with Crippen LogP contribution in [0, 0.1) is 0 Å². The molecule has 74 valence electrons. The lowest BCUT2D eigenvalue weighted by molar-refractivity contribution is -0.140. The second kappa shape index (κ2) is 3.80. The van der Waals surface area contributed by atoms with Crippen molar-refractivity contribution < 1.29 is 9.53 Å². The highest BCUT2D eigenvalue weighted by molar-refractivity contribution is 5.71. The van der Waals surface area contributed by atoms with Gasteiger partial charge in [0.2, 0.25) is 0 Å². The number of carbonyl (C=O) groups is 1. The van der Waals surface area contributed by atoms with E-state index in [2.05, 4.69) is 16.1 Å². The van der Waals surface area contributed by atoms with Crippen molar-refractivity contribution in [2.75, 3.05) is 7.11 Å². The Balaban J connectivity index is 2.14. The van der Waals surface area contributed by atoms with Crippen molar-refractivity contribution in [3.8, 4) is 0 Å². The van der Waals surface area contributed by atoms with Gasteiger partial charge in [-0.15, -0.1) is 6.54 Å². The maximum absolute atomic E-state index is 11.1. The van der Waals surface area contributed by atoms with Gasteiger partial charge in [-0.05, 0) is 0 Å². The lowest BCUT2D eigenvalue weighted by Gasteiger charge is -2.21. The van der Waals surface area contributed by atoms with Crippen LogP contribution in [0.1, 0.15) is 23.6 Å². The molecule has 0 fully saturated rings. The zero-order chi connectivity index (χ0) is 9.97.